The number of halogens is 2. The van der Waals surface area contributed by atoms with Gasteiger partial charge < -0.3 is 14.6 Å². The van der Waals surface area contributed by atoms with Gasteiger partial charge in [-0.25, -0.2) is 32.0 Å². The summed E-state index contributed by atoms with van der Waals surface area (Å²) in [5, 5.41) is 19.7. The minimum atomic E-state index is -3.89. The van der Waals surface area contributed by atoms with E-state index in [1.54, 1.807) is 25.1 Å². The van der Waals surface area contributed by atoms with E-state index in [0.29, 0.717) is 10.6 Å². The summed E-state index contributed by atoms with van der Waals surface area (Å²) in [5.74, 6) is -1.42. The van der Waals surface area contributed by atoms with Crippen LogP contribution >= 0.6 is 23.2 Å². The third-order valence-electron chi connectivity index (χ3n) is 8.16. The van der Waals surface area contributed by atoms with Gasteiger partial charge in [-0.15, -0.1) is 0 Å². The van der Waals surface area contributed by atoms with Crippen LogP contribution in [-0.4, -0.2) is 101 Å². The Hall–Kier alpha value is -4.88. The van der Waals surface area contributed by atoms with Crippen LogP contribution in [-0.2, 0) is 24.8 Å². The first-order chi connectivity index (χ1) is 26.1. The molecule has 1 fully saturated rings. The van der Waals surface area contributed by atoms with E-state index in [0.717, 1.165) is 4.31 Å². The van der Waals surface area contributed by atoms with Crippen molar-refractivity contribution in [1.82, 2.24) is 19.5 Å². The number of benzene rings is 4. The number of amides is 2. The highest BCUT2D eigenvalue weighted by Gasteiger charge is 2.27. The van der Waals surface area contributed by atoms with Gasteiger partial charge in [0.05, 0.1) is 28.7 Å². The van der Waals surface area contributed by atoms with Gasteiger partial charge >= 0.3 is 0 Å². The average Bonchev–Trinajstić information content (AvgIpc) is 3.18. The summed E-state index contributed by atoms with van der Waals surface area (Å²) in [4.78, 5) is 26.1. The first-order valence-electron chi connectivity index (χ1n) is 16.4. The molecule has 4 aromatic carbocycles. The maximum atomic E-state index is 13.3. The van der Waals surface area contributed by atoms with Crippen molar-refractivity contribution in [1.29, 1.82) is 0 Å². The highest BCUT2D eigenvalue weighted by atomic mass is 35.5. The number of phenols is 1. The summed E-state index contributed by atoms with van der Waals surface area (Å²) in [6.45, 7) is 2.13. The van der Waals surface area contributed by atoms with Crippen molar-refractivity contribution in [2.24, 2.45) is 10.2 Å². The predicted molar refractivity (Wildman–Crippen MR) is 207 cm³/mol. The first kappa shape index (κ1) is 41.3. The van der Waals surface area contributed by atoms with E-state index in [1.807, 2.05) is 0 Å². The lowest BCUT2D eigenvalue weighted by atomic mass is 10.1. The Labute approximate surface area is 328 Å². The molecule has 3 N–H and O–H groups in total. The van der Waals surface area contributed by atoms with Crippen molar-refractivity contribution in [3.05, 3.63) is 117 Å². The van der Waals surface area contributed by atoms with Gasteiger partial charge in [0.25, 0.3) is 11.8 Å². The summed E-state index contributed by atoms with van der Waals surface area (Å²) < 4.78 is 65.2. The molecule has 0 radical (unpaired) electrons. The number of ether oxygens (including phenoxy) is 2. The smallest absolute Gasteiger partial charge is 0.271 e. The fraction of sp³-hybridized carbons (Fsp3) is 0.222. The quantitative estimate of drug-likeness (QED) is 0.130. The monoisotopic (exact) mass is 830 g/mol. The van der Waals surface area contributed by atoms with E-state index in [4.69, 9.17) is 32.7 Å². The number of hydrogen-bond acceptors (Lipinski definition) is 11. The zero-order chi connectivity index (χ0) is 39.9. The number of nitrogens with one attached hydrogen (secondary N) is 2. The number of sulfonamides is 2. The molecule has 0 unspecified atom stereocenters. The summed E-state index contributed by atoms with van der Waals surface area (Å²) in [6.07, 6.45) is 0. The van der Waals surface area contributed by atoms with Crippen LogP contribution in [0.1, 0.15) is 38.8 Å². The number of morpholine rings is 1. The summed E-state index contributed by atoms with van der Waals surface area (Å²) in [7, 11) is -4.91. The van der Waals surface area contributed by atoms with E-state index < -0.39 is 31.9 Å². The minimum Gasteiger partial charge on any atom is -0.507 e. The molecule has 1 saturated heterocycles. The predicted octanol–water partition coefficient (Wildman–Crippen LogP) is 4.34. The molecule has 19 heteroatoms. The molecule has 0 aromatic heterocycles. The van der Waals surface area contributed by atoms with Crippen LogP contribution in [0, 0.1) is 0 Å². The topological polar surface area (TPSA) is 196 Å². The van der Waals surface area contributed by atoms with Crippen molar-refractivity contribution in [3.8, 4) is 11.5 Å². The van der Waals surface area contributed by atoms with E-state index in [2.05, 4.69) is 21.1 Å². The maximum Gasteiger partial charge on any atom is 0.271 e. The Morgan fingerprint density at radius 3 is 2.02 bits per heavy atom. The second kappa shape index (κ2) is 17.7. The number of hydrogen-bond donors (Lipinski definition) is 3. The third kappa shape index (κ3) is 10.1. The zero-order valence-electron chi connectivity index (χ0n) is 29.7. The molecule has 0 spiro atoms. The lowest BCUT2D eigenvalue weighted by Crippen LogP contribution is -2.40. The molecule has 290 valence electrons. The summed E-state index contributed by atoms with van der Waals surface area (Å²) in [5.41, 5.74) is 5.65. The Morgan fingerprint density at radius 2 is 1.38 bits per heavy atom. The van der Waals surface area contributed by atoms with Gasteiger partial charge in [-0.3, -0.25) is 9.59 Å². The molecule has 55 heavy (non-hydrogen) atoms. The number of rotatable bonds is 13. The lowest BCUT2D eigenvalue weighted by molar-refractivity contribution is 0.0730. The third-order valence-corrected chi connectivity index (χ3v) is 12.3. The molecule has 0 atom stereocenters. The maximum absolute atomic E-state index is 13.3. The normalized spacial score (nSPS) is 14.4. The molecule has 1 heterocycles. The van der Waals surface area contributed by atoms with E-state index in [-0.39, 0.29) is 87.3 Å². The molecule has 5 rings (SSSR count). The highest BCUT2D eigenvalue weighted by molar-refractivity contribution is 7.89. The molecule has 1 aliphatic rings. The molecule has 0 aliphatic carbocycles. The van der Waals surface area contributed by atoms with Gasteiger partial charge in [0, 0.05) is 59.5 Å². The standard InChI is InChI=1S/C36H36Cl2N6O9S2/c1-23(39-41-35(46)24-6-4-8-28(18-24)54(48,49)43(2)3)30-20-27(38)11-13-34(30)53-22-32(31-21-26(37)10-12-33(31)45)40-42-36(47)25-7-5-9-29(19-25)55(50,51)44-14-16-52-17-15-44/h4-13,18-21,45H,14-17,22H2,1-3H3,(H,41,46)(H,42,47)/b39-23+,40-32+. The minimum absolute atomic E-state index is 0.00795. The first-order valence-corrected chi connectivity index (χ1v) is 20.0. The molecular formula is C36H36Cl2N6O9S2. The number of phenolic OH excluding ortho intramolecular Hbond substituents is 1. The summed E-state index contributed by atoms with van der Waals surface area (Å²) >= 11 is 12.5. The number of carbonyl (C=O) groups excluding carboxylic acids is 2. The van der Waals surface area contributed by atoms with Gasteiger partial charge in [-0.1, -0.05) is 35.3 Å². The van der Waals surface area contributed by atoms with Gasteiger partial charge in [0.15, 0.2) is 0 Å². The van der Waals surface area contributed by atoms with E-state index >= 15 is 0 Å². The van der Waals surface area contributed by atoms with Crippen LogP contribution in [0.2, 0.25) is 10.0 Å². The number of hydrazone groups is 2. The molecular weight excluding hydrogens is 795 g/mol. The van der Waals surface area contributed by atoms with Crippen molar-refractivity contribution in [2.45, 2.75) is 16.7 Å². The van der Waals surface area contributed by atoms with Gasteiger partial charge in [-0.2, -0.15) is 14.5 Å². The highest BCUT2D eigenvalue weighted by Crippen LogP contribution is 2.27. The average molecular weight is 832 g/mol. The molecule has 1 aliphatic heterocycles. The van der Waals surface area contributed by atoms with E-state index in [9.17, 15) is 31.5 Å². The molecule has 15 nitrogen and oxygen atoms in total. The fourth-order valence-corrected chi connectivity index (χ4v) is 7.90. The second-order valence-corrected chi connectivity index (χ2v) is 17.1. The van der Waals surface area contributed by atoms with Crippen molar-refractivity contribution >= 4 is 66.5 Å². The Morgan fingerprint density at radius 1 is 0.818 bits per heavy atom. The Balaban J connectivity index is 1.38. The van der Waals surface area contributed by atoms with Gasteiger partial charge in [0.1, 0.15) is 23.8 Å². The Bertz CT molecular complexity index is 2380. The number of nitrogens with zero attached hydrogens (tertiary/aromatic N) is 4. The number of carbonyl (C=O) groups is 2. The fourth-order valence-electron chi connectivity index (χ4n) is 5.15. The van der Waals surface area contributed by atoms with Crippen molar-refractivity contribution in [2.75, 3.05) is 47.0 Å². The lowest BCUT2D eigenvalue weighted by Gasteiger charge is -2.26. The van der Waals surface area contributed by atoms with Crippen molar-refractivity contribution < 1.29 is 41.0 Å². The number of aromatic hydroxyl groups is 1. The van der Waals surface area contributed by atoms with Crippen molar-refractivity contribution in [3.63, 3.8) is 0 Å². The van der Waals surface area contributed by atoms with Crippen LogP contribution in [0.4, 0.5) is 0 Å². The molecule has 0 saturated carbocycles. The van der Waals surface area contributed by atoms with Crippen LogP contribution in [0.5, 0.6) is 11.5 Å². The second-order valence-electron chi connectivity index (χ2n) is 12.1. The molecule has 2 amide bonds. The van der Waals surface area contributed by atoms with E-state index in [1.165, 1.54) is 85.1 Å². The zero-order valence-corrected chi connectivity index (χ0v) is 32.8. The molecule has 4 aromatic rings. The van der Waals surface area contributed by atoms with Crippen LogP contribution in [0.3, 0.4) is 0 Å². The van der Waals surface area contributed by atoms with Crippen LogP contribution < -0.4 is 15.6 Å². The SMILES string of the molecule is C/C(=N\NC(=O)c1cccc(S(=O)(=O)N(C)C)c1)c1cc(Cl)ccc1OC/C(=N\NC(=O)c1cccc(S(=O)(=O)N2CCOCC2)c1)c1cc(Cl)ccc1O. The molecule has 0 bridgehead atoms. The van der Waals surface area contributed by atoms with Gasteiger partial charge in [-0.05, 0) is 79.7 Å². The van der Waals surface area contributed by atoms with Crippen LogP contribution in [0.15, 0.2) is 105 Å². The van der Waals surface area contributed by atoms with Crippen LogP contribution in [0.25, 0.3) is 0 Å². The van der Waals surface area contributed by atoms with Gasteiger partial charge in [0.2, 0.25) is 20.0 Å². The largest absolute Gasteiger partial charge is 0.507 e. The Kier molecular flexibility index (Phi) is 13.3. The summed E-state index contributed by atoms with van der Waals surface area (Å²) in [6, 6.07) is 19.9.